The average Bonchev–Trinajstić information content (AvgIpc) is 3.08. The third-order valence-corrected chi connectivity index (χ3v) is 4.93. The Labute approximate surface area is 199 Å². The number of hydrogen-bond donors (Lipinski definition) is 2. The van der Waals surface area contributed by atoms with E-state index in [2.05, 4.69) is 38.9 Å². The van der Waals surface area contributed by atoms with E-state index in [9.17, 15) is 4.39 Å². The maximum absolute atomic E-state index is 14.0. The van der Waals surface area contributed by atoms with Crippen molar-refractivity contribution in [3.63, 3.8) is 0 Å². The van der Waals surface area contributed by atoms with Gasteiger partial charge in [-0.05, 0) is 56.2 Å². The molecule has 1 heterocycles. The van der Waals surface area contributed by atoms with E-state index in [0.29, 0.717) is 12.5 Å². The van der Waals surface area contributed by atoms with Crippen LogP contribution in [0.1, 0.15) is 35.5 Å². The van der Waals surface area contributed by atoms with Gasteiger partial charge in [0.25, 0.3) is 0 Å². The Balaban J connectivity index is 0.00000341. The van der Waals surface area contributed by atoms with E-state index in [1.807, 2.05) is 43.7 Å². The molecule has 1 aromatic heterocycles. The van der Waals surface area contributed by atoms with Gasteiger partial charge in [0.1, 0.15) is 0 Å². The number of aliphatic imine (C=N–C) groups is 1. The number of ether oxygens (including phenoxy) is 1. The first-order valence-corrected chi connectivity index (χ1v) is 9.85. The summed E-state index contributed by atoms with van der Waals surface area (Å²) in [4.78, 5) is 4.30. The van der Waals surface area contributed by atoms with Crippen LogP contribution in [0.15, 0.2) is 53.5 Å². The highest BCUT2D eigenvalue weighted by Gasteiger charge is 2.13. The van der Waals surface area contributed by atoms with Gasteiger partial charge in [0, 0.05) is 19.3 Å². The third-order valence-electron chi connectivity index (χ3n) is 4.93. The van der Waals surface area contributed by atoms with Crippen LogP contribution in [0.2, 0.25) is 0 Å². The fourth-order valence-corrected chi connectivity index (χ4v) is 3.35. The van der Waals surface area contributed by atoms with Crippen LogP contribution in [0.25, 0.3) is 5.69 Å². The van der Waals surface area contributed by atoms with E-state index in [-0.39, 0.29) is 41.6 Å². The topological polar surface area (TPSA) is 63.5 Å². The van der Waals surface area contributed by atoms with Gasteiger partial charge in [-0.3, -0.25) is 4.99 Å². The summed E-state index contributed by atoms with van der Waals surface area (Å²) in [6.07, 6.45) is 0. The molecule has 166 valence electrons. The molecule has 0 amide bonds. The highest BCUT2D eigenvalue weighted by Crippen LogP contribution is 2.22. The van der Waals surface area contributed by atoms with E-state index < -0.39 is 0 Å². The lowest BCUT2D eigenvalue weighted by molar-refractivity contribution is 0.386. The number of halogens is 2. The van der Waals surface area contributed by atoms with E-state index in [0.717, 1.165) is 28.2 Å². The lowest BCUT2D eigenvalue weighted by atomic mass is 10.1. The van der Waals surface area contributed by atoms with E-state index in [1.54, 1.807) is 13.1 Å². The zero-order valence-electron chi connectivity index (χ0n) is 18.4. The number of hydrogen-bond acceptors (Lipinski definition) is 3. The molecule has 0 aliphatic carbocycles. The number of benzene rings is 2. The smallest absolute Gasteiger partial charge is 0.191 e. The van der Waals surface area contributed by atoms with Crippen LogP contribution in [0.3, 0.4) is 0 Å². The average molecular weight is 537 g/mol. The van der Waals surface area contributed by atoms with Crippen LogP contribution in [-0.2, 0) is 6.54 Å². The van der Waals surface area contributed by atoms with Crippen LogP contribution in [-0.4, -0.2) is 29.9 Å². The van der Waals surface area contributed by atoms with Crippen LogP contribution >= 0.6 is 24.0 Å². The minimum Gasteiger partial charge on any atom is -0.494 e. The normalized spacial score (nSPS) is 12.1. The molecule has 8 heteroatoms. The molecule has 1 unspecified atom stereocenters. The van der Waals surface area contributed by atoms with Gasteiger partial charge in [0.05, 0.1) is 24.5 Å². The van der Waals surface area contributed by atoms with Gasteiger partial charge in [-0.15, -0.1) is 24.0 Å². The largest absolute Gasteiger partial charge is 0.494 e. The molecule has 2 N–H and O–H groups in total. The molecule has 0 saturated carbocycles. The summed E-state index contributed by atoms with van der Waals surface area (Å²) < 4.78 is 21.0. The number of nitrogens with zero attached hydrogens (tertiary/aromatic N) is 3. The van der Waals surface area contributed by atoms with E-state index in [1.165, 1.54) is 13.2 Å². The Kier molecular flexibility index (Phi) is 8.85. The molecule has 0 aliphatic rings. The van der Waals surface area contributed by atoms with Gasteiger partial charge in [-0.25, -0.2) is 9.07 Å². The summed E-state index contributed by atoms with van der Waals surface area (Å²) in [6.45, 7) is 6.55. The molecule has 1 atom stereocenters. The number of para-hydroxylation sites is 1. The van der Waals surface area contributed by atoms with Gasteiger partial charge >= 0.3 is 0 Å². The van der Waals surface area contributed by atoms with Crippen molar-refractivity contribution in [2.24, 2.45) is 4.99 Å². The maximum atomic E-state index is 14.0. The Morgan fingerprint density at radius 2 is 1.94 bits per heavy atom. The van der Waals surface area contributed by atoms with E-state index in [4.69, 9.17) is 4.74 Å². The molecule has 0 radical (unpaired) electrons. The summed E-state index contributed by atoms with van der Waals surface area (Å²) >= 11 is 0. The van der Waals surface area contributed by atoms with Crippen LogP contribution in [0.5, 0.6) is 5.75 Å². The number of rotatable bonds is 6. The highest BCUT2D eigenvalue weighted by molar-refractivity contribution is 14.0. The summed E-state index contributed by atoms with van der Waals surface area (Å²) in [5.74, 6) is 0.474. The molecule has 0 bridgehead atoms. The fourth-order valence-electron chi connectivity index (χ4n) is 3.35. The number of aromatic nitrogens is 2. The van der Waals surface area contributed by atoms with Gasteiger partial charge in [0.15, 0.2) is 17.5 Å². The predicted octanol–water partition coefficient (Wildman–Crippen LogP) is 4.68. The van der Waals surface area contributed by atoms with Crippen LogP contribution in [0, 0.1) is 19.7 Å². The predicted molar refractivity (Wildman–Crippen MR) is 133 cm³/mol. The summed E-state index contributed by atoms with van der Waals surface area (Å²) in [7, 11) is 3.17. The molecule has 0 spiro atoms. The van der Waals surface area contributed by atoms with E-state index >= 15 is 0 Å². The van der Waals surface area contributed by atoms with Gasteiger partial charge in [-0.2, -0.15) is 5.10 Å². The molecule has 3 rings (SSSR count). The monoisotopic (exact) mass is 537 g/mol. The number of methoxy groups -OCH3 is 1. The second kappa shape index (κ2) is 11.1. The summed E-state index contributed by atoms with van der Waals surface area (Å²) in [5, 5.41) is 11.2. The number of guanidine groups is 1. The molecule has 31 heavy (non-hydrogen) atoms. The lowest BCUT2D eigenvalue weighted by Gasteiger charge is -2.19. The van der Waals surface area contributed by atoms with Crippen molar-refractivity contribution in [1.82, 2.24) is 20.4 Å². The van der Waals surface area contributed by atoms with Crippen molar-refractivity contribution in [3.8, 4) is 11.4 Å². The van der Waals surface area contributed by atoms with Crippen molar-refractivity contribution in [1.29, 1.82) is 0 Å². The lowest BCUT2D eigenvalue weighted by Crippen LogP contribution is -2.38. The first-order valence-electron chi connectivity index (χ1n) is 9.85. The summed E-state index contributed by atoms with van der Waals surface area (Å²) in [6, 6.07) is 15.0. The van der Waals surface area contributed by atoms with Crippen molar-refractivity contribution in [2.45, 2.75) is 33.4 Å². The first kappa shape index (κ1) is 24.6. The van der Waals surface area contributed by atoms with Gasteiger partial charge in [0.2, 0.25) is 0 Å². The molecule has 6 nitrogen and oxygen atoms in total. The Morgan fingerprint density at radius 3 is 2.55 bits per heavy atom. The molecule has 2 aromatic carbocycles. The second-order valence-electron chi connectivity index (χ2n) is 7.15. The minimum absolute atomic E-state index is 0. The van der Waals surface area contributed by atoms with Crippen molar-refractivity contribution < 1.29 is 9.13 Å². The molecule has 0 aliphatic heterocycles. The van der Waals surface area contributed by atoms with Gasteiger partial charge in [-0.1, -0.05) is 24.3 Å². The molecule has 3 aromatic rings. The minimum atomic E-state index is -0.384. The van der Waals surface area contributed by atoms with Crippen LogP contribution in [0.4, 0.5) is 4.39 Å². The zero-order valence-corrected chi connectivity index (χ0v) is 20.8. The first-order chi connectivity index (χ1) is 14.4. The maximum Gasteiger partial charge on any atom is 0.191 e. The molecular weight excluding hydrogens is 508 g/mol. The van der Waals surface area contributed by atoms with Crippen molar-refractivity contribution in [2.75, 3.05) is 14.2 Å². The highest BCUT2D eigenvalue weighted by atomic mass is 127. The van der Waals surface area contributed by atoms with Crippen LogP contribution < -0.4 is 15.4 Å². The Morgan fingerprint density at radius 1 is 1.19 bits per heavy atom. The SMILES string of the molecule is CN=C(NCc1ccccc1-n1nc(C)cc1C)NC(C)c1ccc(OC)c(F)c1.I. The molecular formula is C23H29FIN5O. The van der Waals surface area contributed by atoms with Gasteiger partial charge < -0.3 is 15.4 Å². The summed E-state index contributed by atoms with van der Waals surface area (Å²) in [5.41, 5.74) is 4.98. The zero-order chi connectivity index (χ0) is 21.7. The standard InChI is InChI=1S/C23H28FN5O.HI/c1-15-12-16(2)29(28-15)21-9-7-6-8-19(21)14-26-23(25-4)27-17(3)18-10-11-22(30-5)20(24)13-18;/h6-13,17H,14H2,1-5H3,(H2,25,26,27);1H. The quantitative estimate of drug-likeness (QED) is 0.273. The molecule has 0 saturated heterocycles. The number of aryl methyl sites for hydroxylation is 2. The molecule has 0 fully saturated rings. The van der Waals surface area contributed by atoms with Crippen molar-refractivity contribution in [3.05, 3.63) is 76.9 Å². The second-order valence-corrected chi connectivity index (χ2v) is 7.15. The van der Waals surface area contributed by atoms with Crippen molar-refractivity contribution >= 4 is 29.9 Å². The number of nitrogens with one attached hydrogen (secondary N) is 2. The third kappa shape index (κ3) is 5.96. The Bertz CT molecular complexity index is 1050. The Hall–Kier alpha value is -2.62. The fraction of sp³-hybridized carbons (Fsp3) is 0.304.